The largest absolute Gasteiger partial charge is 0.392 e. The number of hydrogen-bond donors (Lipinski definition) is 1. The number of rotatable bonds is 2. The van der Waals surface area contributed by atoms with Gasteiger partial charge in [0.2, 0.25) is 5.91 Å². The zero-order chi connectivity index (χ0) is 15.6. The molecular weight excluding hydrogens is 281 g/mol. The summed E-state index contributed by atoms with van der Waals surface area (Å²) in [5.41, 5.74) is 5.89. The molecule has 1 aliphatic carbocycles. The van der Waals surface area contributed by atoms with Crippen molar-refractivity contribution in [3.05, 3.63) is 0 Å². The molecule has 1 heterocycles. The first-order chi connectivity index (χ1) is 9.80. The molecule has 2 rings (SSSR count). The van der Waals surface area contributed by atoms with E-state index in [1.165, 1.54) is 0 Å². The van der Waals surface area contributed by atoms with Gasteiger partial charge in [0.05, 0.1) is 5.92 Å². The number of carbonyl (C=O) groups is 1. The Hall–Kier alpha value is -0.780. The fourth-order valence-electron chi connectivity index (χ4n) is 3.69. The maximum absolute atomic E-state index is 13.1. The normalized spacial score (nSPS) is 32.8. The summed E-state index contributed by atoms with van der Waals surface area (Å²) in [5.74, 6) is -2.45. The second-order valence-electron chi connectivity index (χ2n) is 6.58. The summed E-state index contributed by atoms with van der Waals surface area (Å²) < 4.78 is 39.4. The molecule has 21 heavy (non-hydrogen) atoms. The van der Waals surface area contributed by atoms with Crippen molar-refractivity contribution in [1.29, 1.82) is 0 Å². The second kappa shape index (κ2) is 6.55. The van der Waals surface area contributed by atoms with Crippen LogP contribution in [0.25, 0.3) is 0 Å². The van der Waals surface area contributed by atoms with Crippen LogP contribution in [0, 0.1) is 17.8 Å². The number of halogens is 3. The zero-order valence-corrected chi connectivity index (χ0v) is 12.5. The average molecular weight is 306 g/mol. The molecule has 1 aliphatic heterocycles. The summed E-state index contributed by atoms with van der Waals surface area (Å²) in [6.45, 7) is 2.98. The van der Waals surface area contributed by atoms with E-state index in [0.717, 1.165) is 12.8 Å². The molecule has 4 unspecified atom stereocenters. The number of alkyl halides is 3. The topological polar surface area (TPSA) is 46.3 Å². The van der Waals surface area contributed by atoms with E-state index in [1.54, 1.807) is 4.90 Å². The van der Waals surface area contributed by atoms with Crippen LogP contribution in [0.1, 0.15) is 45.4 Å². The fraction of sp³-hybridized carbons (Fsp3) is 0.933. The Balaban J connectivity index is 2.06. The molecule has 1 saturated carbocycles. The lowest BCUT2D eigenvalue weighted by Crippen LogP contribution is -2.50. The monoisotopic (exact) mass is 306 g/mol. The van der Waals surface area contributed by atoms with Crippen molar-refractivity contribution < 1.29 is 18.0 Å². The van der Waals surface area contributed by atoms with Crippen molar-refractivity contribution in [2.75, 3.05) is 13.1 Å². The SMILES string of the molecule is CC(N)C1CCCN(C(=O)C2CCCCC2C(F)(F)F)C1. The van der Waals surface area contributed by atoms with Crippen LogP contribution >= 0.6 is 0 Å². The minimum absolute atomic E-state index is 0.0228. The third-order valence-corrected chi connectivity index (χ3v) is 5.02. The highest BCUT2D eigenvalue weighted by atomic mass is 19.4. The van der Waals surface area contributed by atoms with Gasteiger partial charge in [-0.1, -0.05) is 12.8 Å². The molecule has 1 amide bonds. The van der Waals surface area contributed by atoms with E-state index < -0.39 is 18.0 Å². The third kappa shape index (κ3) is 3.90. The Bertz CT molecular complexity index is 370. The van der Waals surface area contributed by atoms with Gasteiger partial charge in [-0.15, -0.1) is 0 Å². The van der Waals surface area contributed by atoms with Crippen molar-refractivity contribution in [3.63, 3.8) is 0 Å². The minimum atomic E-state index is -4.27. The molecule has 122 valence electrons. The quantitative estimate of drug-likeness (QED) is 0.852. The number of nitrogens with two attached hydrogens (primary N) is 1. The summed E-state index contributed by atoms with van der Waals surface area (Å²) >= 11 is 0. The van der Waals surface area contributed by atoms with Gasteiger partial charge >= 0.3 is 6.18 Å². The molecule has 0 aromatic carbocycles. The molecule has 2 fully saturated rings. The first-order valence-electron chi connectivity index (χ1n) is 7.91. The lowest BCUT2D eigenvalue weighted by atomic mass is 9.77. The van der Waals surface area contributed by atoms with E-state index >= 15 is 0 Å². The standard InChI is InChI=1S/C15H25F3N2O/c1-10(19)11-5-4-8-20(9-11)14(21)12-6-2-3-7-13(12)15(16,17)18/h10-13H,2-9,19H2,1H3. The highest BCUT2D eigenvalue weighted by Gasteiger charge is 2.49. The predicted molar refractivity (Wildman–Crippen MR) is 74.5 cm³/mol. The summed E-state index contributed by atoms with van der Waals surface area (Å²) in [6, 6.07) is -0.0228. The predicted octanol–water partition coefficient (Wildman–Crippen LogP) is 2.94. The molecular formula is C15H25F3N2O. The van der Waals surface area contributed by atoms with E-state index in [0.29, 0.717) is 32.4 Å². The van der Waals surface area contributed by atoms with Gasteiger partial charge in [0, 0.05) is 25.0 Å². The van der Waals surface area contributed by atoms with Gasteiger partial charge in [-0.05, 0) is 38.5 Å². The maximum atomic E-state index is 13.1. The van der Waals surface area contributed by atoms with Crippen molar-refractivity contribution in [2.45, 2.75) is 57.7 Å². The van der Waals surface area contributed by atoms with Gasteiger partial charge < -0.3 is 10.6 Å². The van der Waals surface area contributed by atoms with Crippen molar-refractivity contribution in [2.24, 2.45) is 23.5 Å². The zero-order valence-electron chi connectivity index (χ0n) is 12.5. The van der Waals surface area contributed by atoms with Gasteiger partial charge in [0.1, 0.15) is 0 Å². The Morgan fingerprint density at radius 1 is 1.19 bits per heavy atom. The molecule has 6 heteroatoms. The number of piperidine rings is 1. The third-order valence-electron chi connectivity index (χ3n) is 5.02. The van der Waals surface area contributed by atoms with Crippen LogP contribution in [-0.4, -0.2) is 36.1 Å². The molecule has 0 aromatic heterocycles. The van der Waals surface area contributed by atoms with E-state index in [-0.39, 0.29) is 24.3 Å². The number of nitrogens with zero attached hydrogens (tertiary/aromatic N) is 1. The number of carbonyl (C=O) groups excluding carboxylic acids is 1. The number of amides is 1. The number of likely N-dealkylation sites (tertiary alicyclic amines) is 1. The summed E-state index contributed by atoms with van der Waals surface area (Å²) in [6.07, 6.45) is -0.746. The lowest BCUT2D eigenvalue weighted by Gasteiger charge is -2.39. The van der Waals surface area contributed by atoms with Crippen molar-refractivity contribution in [3.8, 4) is 0 Å². The van der Waals surface area contributed by atoms with Crippen LogP contribution in [-0.2, 0) is 4.79 Å². The number of hydrogen-bond acceptors (Lipinski definition) is 2. The van der Waals surface area contributed by atoms with Crippen LogP contribution in [0.2, 0.25) is 0 Å². The average Bonchev–Trinajstić information content (AvgIpc) is 2.45. The lowest BCUT2D eigenvalue weighted by molar-refractivity contribution is -0.201. The van der Waals surface area contributed by atoms with Crippen LogP contribution in [0.4, 0.5) is 13.2 Å². The second-order valence-corrected chi connectivity index (χ2v) is 6.58. The molecule has 0 radical (unpaired) electrons. The van der Waals surface area contributed by atoms with Gasteiger partial charge in [0.25, 0.3) is 0 Å². The molecule has 0 bridgehead atoms. The van der Waals surface area contributed by atoms with Crippen molar-refractivity contribution >= 4 is 5.91 Å². The van der Waals surface area contributed by atoms with Crippen LogP contribution in [0.15, 0.2) is 0 Å². The molecule has 0 aromatic rings. The summed E-state index contributed by atoms with van der Waals surface area (Å²) in [7, 11) is 0. The molecule has 2 aliphatic rings. The Labute approximate surface area is 124 Å². The maximum Gasteiger partial charge on any atom is 0.392 e. The fourth-order valence-corrected chi connectivity index (χ4v) is 3.69. The molecule has 3 nitrogen and oxygen atoms in total. The minimum Gasteiger partial charge on any atom is -0.342 e. The van der Waals surface area contributed by atoms with Crippen molar-refractivity contribution in [1.82, 2.24) is 4.90 Å². The highest BCUT2D eigenvalue weighted by molar-refractivity contribution is 5.79. The van der Waals surface area contributed by atoms with Gasteiger partial charge in [0.15, 0.2) is 0 Å². The highest BCUT2D eigenvalue weighted by Crippen LogP contribution is 2.42. The first kappa shape index (κ1) is 16.6. The molecule has 1 saturated heterocycles. The van der Waals surface area contributed by atoms with E-state index in [1.807, 2.05) is 6.92 Å². The summed E-state index contributed by atoms with van der Waals surface area (Å²) in [5, 5.41) is 0. The van der Waals surface area contributed by atoms with Gasteiger partial charge in [-0.2, -0.15) is 13.2 Å². The van der Waals surface area contributed by atoms with Gasteiger partial charge in [-0.3, -0.25) is 4.79 Å². The molecule has 0 spiro atoms. The Kier molecular flexibility index (Phi) is 5.17. The van der Waals surface area contributed by atoms with E-state index in [2.05, 4.69) is 0 Å². The Morgan fingerprint density at radius 2 is 1.86 bits per heavy atom. The molecule has 4 atom stereocenters. The van der Waals surface area contributed by atoms with Gasteiger partial charge in [-0.25, -0.2) is 0 Å². The summed E-state index contributed by atoms with van der Waals surface area (Å²) in [4.78, 5) is 14.2. The van der Waals surface area contributed by atoms with Crippen LogP contribution < -0.4 is 5.73 Å². The smallest absolute Gasteiger partial charge is 0.342 e. The van der Waals surface area contributed by atoms with Crippen LogP contribution in [0.3, 0.4) is 0 Å². The molecule has 2 N–H and O–H groups in total. The van der Waals surface area contributed by atoms with E-state index in [4.69, 9.17) is 5.73 Å². The Morgan fingerprint density at radius 3 is 2.48 bits per heavy atom. The van der Waals surface area contributed by atoms with Crippen LogP contribution in [0.5, 0.6) is 0 Å². The first-order valence-corrected chi connectivity index (χ1v) is 7.91. The van der Waals surface area contributed by atoms with E-state index in [9.17, 15) is 18.0 Å².